The largest absolute Gasteiger partial charge is 0.356 e. The van der Waals surface area contributed by atoms with Gasteiger partial charge in [0.15, 0.2) is 0 Å². The molecule has 6 heteroatoms. The molecule has 0 bridgehead atoms. The van der Waals surface area contributed by atoms with Crippen molar-refractivity contribution in [2.24, 2.45) is 0 Å². The first kappa shape index (κ1) is 15.6. The van der Waals surface area contributed by atoms with E-state index in [1.807, 2.05) is 6.07 Å². The number of thioether (sulfide) groups is 1. The lowest BCUT2D eigenvalue weighted by Crippen LogP contribution is -2.30. The van der Waals surface area contributed by atoms with Gasteiger partial charge < -0.3 is 4.90 Å². The standard InChI is InChI=1S/C16H17ClFN3S/c17-13-5-4-6-14(18)12(13)10-22-16-9-15(19-11-20-16)21-7-2-1-3-8-21/h4-6,9,11H,1-3,7-8,10H2. The van der Waals surface area contributed by atoms with Gasteiger partial charge in [-0.2, -0.15) is 0 Å². The van der Waals surface area contributed by atoms with Crippen molar-refractivity contribution in [2.45, 2.75) is 30.0 Å². The number of aromatic nitrogens is 2. The van der Waals surface area contributed by atoms with Crippen LogP contribution in [0.5, 0.6) is 0 Å². The molecule has 0 aliphatic carbocycles. The summed E-state index contributed by atoms with van der Waals surface area (Å²) in [7, 11) is 0. The van der Waals surface area contributed by atoms with Crippen molar-refractivity contribution in [3.63, 3.8) is 0 Å². The Hall–Kier alpha value is -1.33. The SMILES string of the molecule is Fc1cccc(Cl)c1CSc1cc(N2CCCCC2)ncn1. The van der Waals surface area contributed by atoms with E-state index in [0.717, 1.165) is 23.9 Å². The minimum Gasteiger partial charge on any atom is -0.356 e. The molecule has 3 nitrogen and oxygen atoms in total. The lowest BCUT2D eigenvalue weighted by atomic mass is 10.1. The highest BCUT2D eigenvalue weighted by Crippen LogP contribution is 2.29. The molecule has 1 saturated heterocycles. The van der Waals surface area contributed by atoms with Crippen molar-refractivity contribution < 1.29 is 4.39 Å². The van der Waals surface area contributed by atoms with Crippen LogP contribution in [0.2, 0.25) is 5.02 Å². The van der Waals surface area contributed by atoms with Gasteiger partial charge in [0.1, 0.15) is 23.0 Å². The van der Waals surface area contributed by atoms with Crippen molar-refractivity contribution in [3.05, 3.63) is 47.0 Å². The van der Waals surface area contributed by atoms with Gasteiger partial charge >= 0.3 is 0 Å². The Bertz CT molecular complexity index is 627. The highest BCUT2D eigenvalue weighted by Gasteiger charge is 2.13. The van der Waals surface area contributed by atoms with Crippen LogP contribution in [0.4, 0.5) is 10.2 Å². The van der Waals surface area contributed by atoms with E-state index in [4.69, 9.17) is 11.6 Å². The van der Waals surface area contributed by atoms with E-state index in [1.54, 1.807) is 18.5 Å². The highest BCUT2D eigenvalue weighted by molar-refractivity contribution is 7.98. The van der Waals surface area contributed by atoms with Crippen LogP contribution in [0.15, 0.2) is 35.6 Å². The summed E-state index contributed by atoms with van der Waals surface area (Å²) < 4.78 is 13.8. The normalized spacial score (nSPS) is 15.1. The van der Waals surface area contributed by atoms with Gasteiger partial charge in [-0.05, 0) is 31.4 Å². The molecule has 2 aromatic rings. The minimum absolute atomic E-state index is 0.273. The van der Waals surface area contributed by atoms with Crippen LogP contribution >= 0.6 is 23.4 Å². The third-order valence-electron chi connectivity index (χ3n) is 3.73. The molecule has 0 atom stereocenters. The van der Waals surface area contributed by atoms with Crippen molar-refractivity contribution in [2.75, 3.05) is 18.0 Å². The van der Waals surface area contributed by atoms with Gasteiger partial charge in [0, 0.05) is 35.5 Å². The summed E-state index contributed by atoms with van der Waals surface area (Å²) in [5.41, 5.74) is 0.521. The number of hydrogen-bond acceptors (Lipinski definition) is 4. The maximum Gasteiger partial charge on any atom is 0.133 e. The number of halogens is 2. The molecule has 0 amide bonds. The fourth-order valence-electron chi connectivity index (χ4n) is 2.52. The molecule has 1 aromatic carbocycles. The fraction of sp³-hybridized carbons (Fsp3) is 0.375. The number of anilines is 1. The zero-order valence-corrected chi connectivity index (χ0v) is 13.7. The predicted octanol–water partition coefficient (Wildman–Crippen LogP) is 4.55. The summed E-state index contributed by atoms with van der Waals surface area (Å²) >= 11 is 7.53. The van der Waals surface area contributed by atoms with E-state index >= 15 is 0 Å². The Morgan fingerprint density at radius 1 is 1.18 bits per heavy atom. The predicted molar refractivity (Wildman–Crippen MR) is 89.1 cm³/mol. The Kier molecular flexibility index (Phi) is 5.16. The topological polar surface area (TPSA) is 29.0 Å². The van der Waals surface area contributed by atoms with Crippen LogP contribution in [0.25, 0.3) is 0 Å². The number of hydrogen-bond donors (Lipinski definition) is 0. The molecule has 1 fully saturated rings. The van der Waals surface area contributed by atoms with E-state index < -0.39 is 0 Å². The molecule has 3 rings (SSSR count). The Morgan fingerprint density at radius 2 is 2.00 bits per heavy atom. The average Bonchev–Trinajstić information content (AvgIpc) is 2.55. The molecule has 2 heterocycles. The zero-order valence-electron chi connectivity index (χ0n) is 12.1. The maximum absolute atomic E-state index is 13.8. The third-order valence-corrected chi connectivity index (χ3v) is 5.04. The van der Waals surface area contributed by atoms with Crippen molar-refractivity contribution >= 4 is 29.2 Å². The molecule has 0 N–H and O–H groups in total. The van der Waals surface area contributed by atoms with E-state index in [2.05, 4.69) is 14.9 Å². The molecular weight excluding hydrogens is 321 g/mol. The number of nitrogens with zero attached hydrogens (tertiary/aromatic N) is 3. The highest BCUT2D eigenvalue weighted by atomic mass is 35.5. The van der Waals surface area contributed by atoms with Crippen LogP contribution in [0.1, 0.15) is 24.8 Å². The maximum atomic E-state index is 13.8. The first-order chi connectivity index (χ1) is 10.7. The molecule has 1 aromatic heterocycles. The monoisotopic (exact) mass is 337 g/mol. The second kappa shape index (κ2) is 7.29. The van der Waals surface area contributed by atoms with Crippen molar-refractivity contribution in [3.8, 4) is 0 Å². The summed E-state index contributed by atoms with van der Waals surface area (Å²) in [5.74, 6) is 1.14. The minimum atomic E-state index is -0.273. The third kappa shape index (κ3) is 3.70. The molecule has 0 radical (unpaired) electrons. The Morgan fingerprint density at radius 3 is 2.77 bits per heavy atom. The summed E-state index contributed by atoms with van der Waals surface area (Å²) in [6.07, 6.45) is 5.28. The second-order valence-corrected chi connectivity index (χ2v) is 6.65. The molecule has 1 aliphatic heterocycles. The van der Waals surface area contributed by atoms with Gasteiger partial charge in [0.05, 0.1) is 0 Å². The van der Waals surface area contributed by atoms with Gasteiger partial charge in [-0.1, -0.05) is 17.7 Å². The van der Waals surface area contributed by atoms with E-state index in [-0.39, 0.29) is 5.82 Å². The van der Waals surface area contributed by atoms with Crippen LogP contribution < -0.4 is 4.90 Å². The average molecular weight is 338 g/mol. The summed E-state index contributed by atoms with van der Waals surface area (Å²) in [6.45, 7) is 2.08. The van der Waals surface area contributed by atoms with E-state index in [9.17, 15) is 4.39 Å². The summed E-state index contributed by atoms with van der Waals surface area (Å²) in [4.78, 5) is 10.9. The lowest BCUT2D eigenvalue weighted by Gasteiger charge is -2.27. The zero-order chi connectivity index (χ0) is 15.4. The molecule has 0 unspecified atom stereocenters. The fourth-order valence-corrected chi connectivity index (χ4v) is 3.73. The van der Waals surface area contributed by atoms with Crippen molar-refractivity contribution in [1.29, 1.82) is 0 Å². The molecule has 0 spiro atoms. The molecule has 116 valence electrons. The van der Waals surface area contributed by atoms with Gasteiger partial charge in [-0.3, -0.25) is 0 Å². The van der Waals surface area contributed by atoms with Crippen LogP contribution in [-0.4, -0.2) is 23.1 Å². The number of rotatable bonds is 4. The first-order valence-corrected chi connectivity index (χ1v) is 8.73. The van der Waals surface area contributed by atoms with Crippen LogP contribution in [-0.2, 0) is 5.75 Å². The second-order valence-electron chi connectivity index (χ2n) is 5.25. The Balaban J connectivity index is 1.70. The van der Waals surface area contributed by atoms with Gasteiger partial charge in [0.25, 0.3) is 0 Å². The van der Waals surface area contributed by atoms with E-state index in [0.29, 0.717) is 16.3 Å². The molecular formula is C16H17ClFN3S. The van der Waals surface area contributed by atoms with Crippen molar-refractivity contribution in [1.82, 2.24) is 9.97 Å². The number of piperidine rings is 1. The van der Waals surface area contributed by atoms with E-state index in [1.165, 1.54) is 37.1 Å². The first-order valence-electron chi connectivity index (χ1n) is 7.37. The molecule has 1 aliphatic rings. The van der Waals surface area contributed by atoms with Gasteiger partial charge in [0.2, 0.25) is 0 Å². The van der Waals surface area contributed by atoms with Gasteiger partial charge in [-0.15, -0.1) is 11.8 Å². The Labute approximate surface area is 138 Å². The summed E-state index contributed by atoms with van der Waals surface area (Å²) in [6, 6.07) is 6.73. The van der Waals surface area contributed by atoms with Crippen LogP contribution in [0, 0.1) is 5.82 Å². The van der Waals surface area contributed by atoms with Crippen LogP contribution in [0.3, 0.4) is 0 Å². The number of benzene rings is 1. The molecule has 22 heavy (non-hydrogen) atoms. The quantitative estimate of drug-likeness (QED) is 0.604. The van der Waals surface area contributed by atoms with Gasteiger partial charge in [-0.25, -0.2) is 14.4 Å². The smallest absolute Gasteiger partial charge is 0.133 e. The summed E-state index contributed by atoms with van der Waals surface area (Å²) in [5, 5.41) is 1.30. The molecule has 0 saturated carbocycles. The lowest BCUT2D eigenvalue weighted by molar-refractivity contribution is 0.572.